The Labute approximate surface area is 222 Å². The summed E-state index contributed by atoms with van der Waals surface area (Å²) in [6.07, 6.45) is 12.3. The molecule has 37 heavy (non-hydrogen) atoms. The molecule has 0 aromatic heterocycles. The lowest BCUT2D eigenvalue weighted by molar-refractivity contribution is -0.143. The van der Waals surface area contributed by atoms with Gasteiger partial charge in [-0.1, -0.05) is 75.8 Å². The number of benzene rings is 1. The summed E-state index contributed by atoms with van der Waals surface area (Å²) in [6.45, 7) is 7.21. The number of carbonyl (C=O) groups excluding carboxylic acids is 2. The van der Waals surface area contributed by atoms with Crippen LogP contribution in [0, 0.1) is 23.7 Å². The average Bonchev–Trinajstić information content (AvgIpc) is 3.42. The maximum atomic E-state index is 13.8. The van der Waals surface area contributed by atoms with E-state index in [1.54, 1.807) is 17.0 Å². The Bertz CT molecular complexity index is 1060. The van der Waals surface area contributed by atoms with Gasteiger partial charge < -0.3 is 9.84 Å². The average molecular weight is 506 g/mol. The van der Waals surface area contributed by atoms with E-state index in [0.29, 0.717) is 18.9 Å². The lowest BCUT2D eigenvalue weighted by Gasteiger charge is -2.33. The summed E-state index contributed by atoms with van der Waals surface area (Å²) >= 11 is 0. The minimum Gasteiger partial charge on any atom is -0.508 e. The van der Waals surface area contributed by atoms with Crippen LogP contribution < -0.4 is 0 Å². The summed E-state index contributed by atoms with van der Waals surface area (Å²) in [6, 6.07) is 7.47. The zero-order chi connectivity index (χ0) is 26.1. The zero-order valence-corrected chi connectivity index (χ0v) is 22.7. The molecule has 0 spiro atoms. The van der Waals surface area contributed by atoms with E-state index in [1.807, 2.05) is 12.1 Å². The number of aromatic hydroxyl groups is 1. The molecular formula is C32H43NO4. The quantitative estimate of drug-likeness (QED) is 0.317. The molecule has 2 saturated heterocycles. The third kappa shape index (κ3) is 5.16. The minimum absolute atomic E-state index is 0.0232. The van der Waals surface area contributed by atoms with E-state index in [4.69, 9.17) is 4.74 Å². The van der Waals surface area contributed by atoms with Crippen LogP contribution in [0.25, 0.3) is 6.08 Å². The molecule has 1 N–H and O–H groups in total. The standard InChI is InChI=1S/C32H43NO4/c1-4-8-21(17-22-11-14-24(34)15-12-22)13-16-28-29-25(20(2)3)18-26-30(27(29)19-37-28)32(36)33(31(26)35)23-9-6-5-7-10-23/h11-12,14-15,17,20,23,26-28,30,34H,4-10,13,16,18-19H2,1-3H3/b21-17+/t26-,27+,28-,30-/m1/s1. The molecular weight excluding hydrogens is 462 g/mol. The number of nitrogens with zero attached hydrogens (tertiary/aromatic N) is 1. The molecule has 5 heteroatoms. The van der Waals surface area contributed by atoms with Gasteiger partial charge in [0.15, 0.2) is 0 Å². The van der Waals surface area contributed by atoms with Crippen molar-refractivity contribution in [2.45, 2.75) is 97.1 Å². The number of imide groups is 1. The molecule has 2 aliphatic carbocycles. The van der Waals surface area contributed by atoms with Gasteiger partial charge >= 0.3 is 0 Å². The van der Waals surface area contributed by atoms with Crippen LogP contribution in [0.5, 0.6) is 5.75 Å². The van der Waals surface area contributed by atoms with Crippen molar-refractivity contribution in [1.29, 1.82) is 0 Å². The maximum absolute atomic E-state index is 13.8. The normalized spacial score (nSPS) is 28.9. The number of fused-ring (bicyclic) bond motifs is 3. The zero-order valence-electron chi connectivity index (χ0n) is 22.7. The first kappa shape index (κ1) is 26.2. The van der Waals surface area contributed by atoms with Crippen molar-refractivity contribution in [1.82, 2.24) is 4.90 Å². The summed E-state index contributed by atoms with van der Waals surface area (Å²) < 4.78 is 6.45. The number of likely N-dealkylation sites (tertiary alicyclic amines) is 1. The highest BCUT2D eigenvalue weighted by Gasteiger charge is 2.58. The summed E-state index contributed by atoms with van der Waals surface area (Å²) in [4.78, 5) is 29.0. The highest BCUT2D eigenvalue weighted by atomic mass is 16.5. The molecule has 1 aromatic carbocycles. The lowest BCUT2D eigenvalue weighted by Crippen LogP contribution is -2.42. The van der Waals surface area contributed by atoms with Crippen molar-refractivity contribution >= 4 is 17.9 Å². The Morgan fingerprint density at radius 1 is 1.05 bits per heavy atom. The van der Waals surface area contributed by atoms with Gasteiger partial charge in [0, 0.05) is 12.0 Å². The summed E-state index contributed by atoms with van der Waals surface area (Å²) in [7, 11) is 0. The molecule has 4 atom stereocenters. The van der Waals surface area contributed by atoms with Crippen LogP contribution in [0.2, 0.25) is 0 Å². The van der Waals surface area contributed by atoms with Gasteiger partial charge in [-0.3, -0.25) is 14.5 Å². The number of phenols is 1. The van der Waals surface area contributed by atoms with Gasteiger partial charge in [-0.25, -0.2) is 0 Å². The molecule has 5 rings (SSSR count). The fourth-order valence-corrected chi connectivity index (χ4v) is 7.40. The first-order chi connectivity index (χ1) is 17.9. The molecule has 0 unspecified atom stereocenters. The van der Waals surface area contributed by atoms with Crippen molar-refractivity contribution in [3.8, 4) is 5.75 Å². The monoisotopic (exact) mass is 505 g/mol. The van der Waals surface area contributed by atoms with E-state index in [9.17, 15) is 14.7 Å². The van der Waals surface area contributed by atoms with Crippen molar-refractivity contribution in [3.63, 3.8) is 0 Å². The van der Waals surface area contributed by atoms with Crippen LogP contribution in [0.4, 0.5) is 0 Å². The van der Waals surface area contributed by atoms with E-state index >= 15 is 0 Å². The summed E-state index contributed by atoms with van der Waals surface area (Å²) in [5.74, 6) is 0.400. The number of allylic oxidation sites excluding steroid dienone is 2. The SMILES string of the molecule is CCC/C(=C\c1ccc(O)cc1)CC[C@H]1OC[C@H]2C1=C(C(C)C)C[C@H]1C(=O)N(C3CCCCC3)C(=O)[C@H]12. The summed E-state index contributed by atoms with van der Waals surface area (Å²) in [5.41, 5.74) is 5.19. The van der Waals surface area contributed by atoms with E-state index in [-0.39, 0.29) is 47.5 Å². The Kier molecular flexibility index (Phi) is 7.90. The van der Waals surface area contributed by atoms with E-state index in [1.165, 1.54) is 23.1 Å². The van der Waals surface area contributed by atoms with Crippen LogP contribution in [-0.4, -0.2) is 40.6 Å². The fourth-order valence-electron chi connectivity index (χ4n) is 7.40. The second-order valence-electron chi connectivity index (χ2n) is 11.9. The second kappa shape index (κ2) is 11.1. The summed E-state index contributed by atoms with van der Waals surface area (Å²) in [5, 5.41) is 9.62. The van der Waals surface area contributed by atoms with Gasteiger partial charge in [0.1, 0.15) is 5.75 Å². The van der Waals surface area contributed by atoms with Gasteiger partial charge in [0.05, 0.1) is 24.5 Å². The van der Waals surface area contributed by atoms with Crippen LogP contribution in [0.15, 0.2) is 41.0 Å². The van der Waals surface area contributed by atoms with Gasteiger partial charge in [-0.2, -0.15) is 0 Å². The van der Waals surface area contributed by atoms with Crippen LogP contribution in [0.1, 0.15) is 90.5 Å². The van der Waals surface area contributed by atoms with Crippen molar-refractivity contribution in [2.75, 3.05) is 6.61 Å². The highest BCUT2D eigenvalue weighted by Crippen LogP contribution is 2.52. The number of rotatable bonds is 8. The van der Waals surface area contributed by atoms with E-state index in [2.05, 4.69) is 26.8 Å². The fraction of sp³-hybridized carbons (Fsp3) is 0.625. The molecule has 5 nitrogen and oxygen atoms in total. The molecule has 2 heterocycles. The Hall–Kier alpha value is -2.40. The van der Waals surface area contributed by atoms with Gasteiger partial charge in [-0.05, 0) is 67.7 Å². The molecule has 3 fully saturated rings. The smallest absolute Gasteiger partial charge is 0.234 e. The Balaban J connectivity index is 1.36. The number of carbonyl (C=O) groups is 2. The van der Waals surface area contributed by atoms with Crippen LogP contribution >= 0.6 is 0 Å². The number of hydrogen-bond acceptors (Lipinski definition) is 4. The topological polar surface area (TPSA) is 66.8 Å². The lowest BCUT2D eigenvalue weighted by atomic mass is 9.67. The molecule has 4 aliphatic rings. The predicted octanol–water partition coefficient (Wildman–Crippen LogP) is 6.66. The number of amides is 2. The van der Waals surface area contributed by atoms with E-state index in [0.717, 1.165) is 56.9 Å². The van der Waals surface area contributed by atoms with Crippen LogP contribution in [0.3, 0.4) is 0 Å². The number of hydrogen-bond donors (Lipinski definition) is 1. The first-order valence-electron chi connectivity index (χ1n) is 14.6. The van der Waals surface area contributed by atoms with E-state index < -0.39 is 0 Å². The molecule has 1 saturated carbocycles. The molecule has 200 valence electrons. The first-order valence-corrected chi connectivity index (χ1v) is 14.6. The molecule has 1 aromatic rings. The third-order valence-electron chi connectivity index (χ3n) is 9.18. The predicted molar refractivity (Wildman–Crippen MR) is 146 cm³/mol. The number of phenolic OH excluding ortho intramolecular Hbond substituents is 1. The number of ether oxygens (including phenoxy) is 1. The Morgan fingerprint density at radius 3 is 2.46 bits per heavy atom. The molecule has 0 bridgehead atoms. The van der Waals surface area contributed by atoms with Gasteiger partial charge in [0.2, 0.25) is 11.8 Å². The van der Waals surface area contributed by atoms with Gasteiger partial charge in [0.25, 0.3) is 0 Å². The second-order valence-corrected chi connectivity index (χ2v) is 11.9. The van der Waals surface area contributed by atoms with Crippen molar-refractivity contribution < 1.29 is 19.4 Å². The van der Waals surface area contributed by atoms with Gasteiger partial charge in [-0.15, -0.1) is 0 Å². The van der Waals surface area contributed by atoms with Crippen molar-refractivity contribution in [3.05, 3.63) is 46.5 Å². The third-order valence-corrected chi connectivity index (χ3v) is 9.18. The van der Waals surface area contributed by atoms with Crippen LogP contribution in [-0.2, 0) is 14.3 Å². The highest BCUT2D eigenvalue weighted by molar-refractivity contribution is 6.06. The molecule has 2 aliphatic heterocycles. The minimum atomic E-state index is -0.237. The molecule has 0 radical (unpaired) electrons. The largest absolute Gasteiger partial charge is 0.508 e. The molecule has 2 amide bonds. The maximum Gasteiger partial charge on any atom is 0.234 e. The Morgan fingerprint density at radius 2 is 1.78 bits per heavy atom. The van der Waals surface area contributed by atoms with Crippen molar-refractivity contribution in [2.24, 2.45) is 23.7 Å².